The lowest BCUT2D eigenvalue weighted by Crippen LogP contribution is -2.42. The van der Waals surface area contributed by atoms with E-state index in [1.165, 1.54) is 0 Å². The lowest BCUT2D eigenvalue weighted by atomic mass is 9.97. The number of benzene rings is 1. The molecule has 2 atom stereocenters. The maximum atomic E-state index is 12.6. The minimum absolute atomic E-state index is 0.131. The van der Waals surface area contributed by atoms with Gasteiger partial charge >= 0.3 is 11.9 Å². The first kappa shape index (κ1) is 15.6. The highest BCUT2D eigenvalue weighted by atomic mass is 19.4. The van der Waals surface area contributed by atoms with E-state index in [1.807, 2.05) is 6.92 Å². The topological polar surface area (TPSA) is 64.4 Å². The Kier molecular flexibility index (Phi) is 4.36. The van der Waals surface area contributed by atoms with Crippen LogP contribution in [0.5, 0.6) is 5.75 Å². The Labute approximate surface area is 119 Å². The molecule has 0 aliphatic carbocycles. The van der Waals surface area contributed by atoms with Crippen molar-refractivity contribution in [3.8, 4) is 5.75 Å². The first-order chi connectivity index (χ1) is 9.79. The maximum Gasteiger partial charge on any atom is 0.416 e. The molecule has 1 heterocycles. The number of ether oxygens (including phenoxy) is 1. The van der Waals surface area contributed by atoms with Gasteiger partial charge in [0.05, 0.1) is 10.5 Å². The van der Waals surface area contributed by atoms with E-state index in [0.29, 0.717) is 12.6 Å². The molecule has 1 saturated heterocycles. The number of piperidine rings is 1. The number of nitro groups is 1. The van der Waals surface area contributed by atoms with Crippen LogP contribution in [0.3, 0.4) is 0 Å². The van der Waals surface area contributed by atoms with Crippen LogP contribution in [0.4, 0.5) is 18.9 Å². The summed E-state index contributed by atoms with van der Waals surface area (Å²) < 4.78 is 43.4. The Bertz CT molecular complexity index is 534. The summed E-state index contributed by atoms with van der Waals surface area (Å²) in [4.78, 5) is 10.1. The molecule has 5 nitrogen and oxygen atoms in total. The van der Waals surface area contributed by atoms with Gasteiger partial charge in [0.25, 0.3) is 0 Å². The van der Waals surface area contributed by atoms with Gasteiger partial charge < -0.3 is 10.1 Å². The number of nitrogens with one attached hydrogen (secondary N) is 1. The Balaban J connectivity index is 2.28. The molecule has 0 bridgehead atoms. The second kappa shape index (κ2) is 5.88. The van der Waals surface area contributed by atoms with E-state index < -0.39 is 22.4 Å². The molecule has 116 valence electrons. The third-order valence-corrected chi connectivity index (χ3v) is 3.52. The SMILES string of the molecule is CC1CCNCC1Oc1ccc(C(F)(F)F)cc1[N+](=O)[O-]. The van der Waals surface area contributed by atoms with E-state index in [4.69, 9.17) is 4.74 Å². The largest absolute Gasteiger partial charge is 0.482 e. The van der Waals surface area contributed by atoms with E-state index in [0.717, 1.165) is 25.1 Å². The van der Waals surface area contributed by atoms with Crippen LogP contribution >= 0.6 is 0 Å². The van der Waals surface area contributed by atoms with Crippen molar-refractivity contribution in [3.63, 3.8) is 0 Å². The minimum Gasteiger partial charge on any atom is -0.482 e. The molecule has 21 heavy (non-hydrogen) atoms. The first-order valence-electron chi connectivity index (χ1n) is 6.52. The van der Waals surface area contributed by atoms with Crippen molar-refractivity contribution in [3.05, 3.63) is 33.9 Å². The molecular formula is C13H15F3N2O3. The van der Waals surface area contributed by atoms with Crippen molar-refractivity contribution in [2.45, 2.75) is 25.6 Å². The number of hydrogen-bond acceptors (Lipinski definition) is 4. The van der Waals surface area contributed by atoms with Gasteiger partial charge in [-0.2, -0.15) is 13.2 Å². The molecule has 1 aromatic carbocycles. The molecule has 1 aliphatic rings. The zero-order valence-corrected chi connectivity index (χ0v) is 11.3. The van der Waals surface area contributed by atoms with Crippen molar-refractivity contribution in [1.82, 2.24) is 5.32 Å². The third kappa shape index (κ3) is 3.63. The molecular weight excluding hydrogens is 289 g/mol. The van der Waals surface area contributed by atoms with Gasteiger partial charge in [-0.15, -0.1) is 0 Å². The zero-order valence-electron chi connectivity index (χ0n) is 11.3. The summed E-state index contributed by atoms with van der Waals surface area (Å²) in [6.07, 6.45) is -4.07. The number of nitrogens with zero attached hydrogens (tertiary/aromatic N) is 1. The number of alkyl halides is 3. The lowest BCUT2D eigenvalue weighted by Gasteiger charge is -2.29. The predicted molar refractivity (Wildman–Crippen MR) is 69.2 cm³/mol. The molecule has 0 aromatic heterocycles. The van der Waals surface area contributed by atoms with Crippen LogP contribution in [-0.2, 0) is 6.18 Å². The van der Waals surface area contributed by atoms with Gasteiger partial charge in [0, 0.05) is 12.6 Å². The maximum absolute atomic E-state index is 12.6. The Hall–Kier alpha value is -1.83. The standard InChI is InChI=1S/C13H15F3N2O3/c1-8-4-5-17-7-12(8)21-11-3-2-9(13(14,15)16)6-10(11)18(19)20/h2-3,6,8,12,17H,4-5,7H2,1H3. The minimum atomic E-state index is -4.62. The van der Waals surface area contributed by atoms with Crippen molar-refractivity contribution in [2.24, 2.45) is 5.92 Å². The van der Waals surface area contributed by atoms with Gasteiger partial charge in [0.15, 0.2) is 5.75 Å². The first-order valence-corrected chi connectivity index (χ1v) is 6.52. The normalized spacial score (nSPS) is 22.9. The van der Waals surface area contributed by atoms with Crippen LogP contribution in [0.2, 0.25) is 0 Å². The average Bonchev–Trinajstić information content (AvgIpc) is 2.40. The number of hydrogen-bond donors (Lipinski definition) is 1. The summed E-state index contributed by atoms with van der Waals surface area (Å²) >= 11 is 0. The number of halogens is 3. The van der Waals surface area contributed by atoms with Crippen molar-refractivity contribution in [2.75, 3.05) is 13.1 Å². The Morgan fingerprint density at radius 3 is 2.71 bits per heavy atom. The van der Waals surface area contributed by atoms with Crippen LogP contribution in [0.15, 0.2) is 18.2 Å². The molecule has 0 spiro atoms. The van der Waals surface area contributed by atoms with Crippen LogP contribution in [-0.4, -0.2) is 24.1 Å². The summed E-state index contributed by atoms with van der Waals surface area (Å²) in [6, 6.07) is 2.32. The fourth-order valence-electron chi connectivity index (χ4n) is 2.22. The quantitative estimate of drug-likeness (QED) is 0.688. The summed E-state index contributed by atoms with van der Waals surface area (Å²) in [6.45, 7) is 3.29. The van der Waals surface area contributed by atoms with E-state index in [-0.39, 0.29) is 17.8 Å². The van der Waals surface area contributed by atoms with Gasteiger partial charge in [0.1, 0.15) is 6.10 Å². The van der Waals surface area contributed by atoms with Gasteiger partial charge in [-0.05, 0) is 31.0 Å². The second-order valence-corrected chi connectivity index (χ2v) is 5.06. The van der Waals surface area contributed by atoms with Crippen molar-refractivity contribution in [1.29, 1.82) is 0 Å². The van der Waals surface area contributed by atoms with E-state index in [9.17, 15) is 23.3 Å². The summed E-state index contributed by atoms with van der Waals surface area (Å²) in [5.74, 6) is 0.0432. The van der Waals surface area contributed by atoms with Gasteiger partial charge in [0.2, 0.25) is 0 Å². The fraction of sp³-hybridized carbons (Fsp3) is 0.538. The molecule has 0 saturated carbocycles. The number of nitro benzene ring substituents is 1. The van der Waals surface area contributed by atoms with Crippen LogP contribution in [0.1, 0.15) is 18.9 Å². The highest BCUT2D eigenvalue weighted by molar-refractivity contribution is 5.49. The molecule has 1 aliphatic heterocycles. The number of rotatable bonds is 3. The predicted octanol–water partition coefficient (Wildman–Crippen LogP) is 2.99. The van der Waals surface area contributed by atoms with E-state index in [2.05, 4.69) is 5.32 Å². The van der Waals surface area contributed by atoms with Crippen LogP contribution in [0, 0.1) is 16.0 Å². The molecule has 1 aromatic rings. The Morgan fingerprint density at radius 2 is 2.14 bits per heavy atom. The second-order valence-electron chi connectivity index (χ2n) is 5.06. The molecule has 0 amide bonds. The summed E-state index contributed by atoms with van der Waals surface area (Å²) in [5, 5.41) is 14.1. The third-order valence-electron chi connectivity index (χ3n) is 3.52. The van der Waals surface area contributed by atoms with Crippen molar-refractivity contribution >= 4 is 5.69 Å². The molecule has 1 fully saturated rings. The zero-order chi connectivity index (χ0) is 15.6. The molecule has 2 rings (SSSR count). The van der Waals surface area contributed by atoms with Gasteiger partial charge in [-0.25, -0.2) is 0 Å². The van der Waals surface area contributed by atoms with Crippen molar-refractivity contribution < 1.29 is 22.8 Å². The highest BCUT2D eigenvalue weighted by Crippen LogP contribution is 2.37. The smallest absolute Gasteiger partial charge is 0.416 e. The molecule has 2 unspecified atom stereocenters. The lowest BCUT2D eigenvalue weighted by molar-refractivity contribution is -0.386. The van der Waals surface area contributed by atoms with E-state index in [1.54, 1.807) is 0 Å². The Morgan fingerprint density at radius 1 is 1.43 bits per heavy atom. The highest BCUT2D eigenvalue weighted by Gasteiger charge is 2.34. The average molecular weight is 304 g/mol. The summed E-state index contributed by atoms with van der Waals surface area (Å²) in [7, 11) is 0. The van der Waals surface area contributed by atoms with Crippen LogP contribution in [0.25, 0.3) is 0 Å². The monoisotopic (exact) mass is 304 g/mol. The molecule has 1 N–H and O–H groups in total. The fourth-order valence-corrected chi connectivity index (χ4v) is 2.22. The summed E-state index contributed by atoms with van der Waals surface area (Å²) in [5.41, 5.74) is -1.72. The van der Waals surface area contributed by atoms with E-state index >= 15 is 0 Å². The van der Waals surface area contributed by atoms with Crippen LogP contribution < -0.4 is 10.1 Å². The van der Waals surface area contributed by atoms with Gasteiger partial charge in [-0.3, -0.25) is 10.1 Å². The molecule has 0 radical (unpaired) electrons. The van der Waals surface area contributed by atoms with Gasteiger partial charge in [-0.1, -0.05) is 6.92 Å². The molecule has 8 heteroatoms.